The highest BCUT2D eigenvalue weighted by Crippen LogP contribution is 2.22. The van der Waals surface area contributed by atoms with Crippen molar-refractivity contribution < 1.29 is 0 Å². The first-order valence-corrected chi connectivity index (χ1v) is 5.11. The van der Waals surface area contributed by atoms with Gasteiger partial charge < -0.3 is 10.6 Å². The van der Waals surface area contributed by atoms with Gasteiger partial charge in [-0.3, -0.25) is 0 Å². The zero-order chi connectivity index (χ0) is 10.7. The van der Waals surface area contributed by atoms with Crippen LogP contribution >= 0.6 is 11.6 Å². The third kappa shape index (κ3) is 2.89. The lowest BCUT2D eigenvalue weighted by Crippen LogP contribution is -2.32. The molecule has 0 spiro atoms. The van der Waals surface area contributed by atoms with Gasteiger partial charge in [-0.2, -0.15) is 0 Å². The molecular weight excluding hydrogens is 196 g/mol. The molecule has 2 nitrogen and oxygen atoms in total. The van der Waals surface area contributed by atoms with E-state index in [1.54, 1.807) is 0 Å². The zero-order valence-corrected chi connectivity index (χ0v) is 9.67. The Hall–Kier alpha value is -0.730. The van der Waals surface area contributed by atoms with Gasteiger partial charge in [0.25, 0.3) is 0 Å². The van der Waals surface area contributed by atoms with Crippen LogP contribution in [0.15, 0.2) is 18.2 Å². The number of hydrogen-bond donors (Lipinski definition) is 1. The standard InChI is InChI=1S/C11H17ClN2/c1-8-4-5-10(6-11(8)12)14(3)7-9(2)13/h4-6,9H,7,13H2,1-3H3. The molecule has 78 valence electrons. The van der Waals surface area contributed by atoms with Gasteiger partial charge in [-0.25, -0.2) is 0 Å². The smallest absolute Gasteiger partial charge is 0.0455 e. The minimum Gasteiger partial charge on any atom is -0.373 e. The molecule has 2 N–H and O–H groups in total. The molecule has 0 amide bonds. The molecule has 0 bridgehead atoms. The second-order valence-corrected chi connectivity index (χ2v) is 4.20. The predicted molar refractivity (Wildman–Crippen MR) is 63.1 cm³/mol. The number of anilines is 1. The summed E-state index contributed by atoms with van der Waals surface area (Å²) in [5.41, 5.74) is 7.93. The highest BCUT2D eigenvalue weighted by Gasteiger charge is 2.04. The Balaban J connectivity index is 2.80. The zero-order valence-electron chi connectivity index (χ0n) is 8.92. The van der Waals surface area contributed by atoms with E-state index in [4.69, 9.17) is 17.3 Å². The number of rotatable bonds is 3. The Bertz CT molecular complexity index is 310. The first kappa shape index (κ1) is 11.3. The van der Waals surface area contributed by atoms with Gasteiger partial charge >= 0.3 is 0 Å². The van der Waals surface area contributed by atoms with Crippen molar-refractivity contribution in [2.24, 2.45) is 5.73 Å². The number of aryl methyl sites for hydroxylation is 1. The maximum Gasteiger partial charge on any atom is 0.0455 e. The highest BCUT2D eigenvalue weighted by atomic mass is 35.5. The average Bonchev–Trinajstić information content (AvgIpc) is 2.08. The molecule has 0 aliphatic rings. The maximum absolute atomic E-state index is 6.04. The summed E-state index contributed by atoms with van der Waals surface area (Å²) in [4.78, 5) is 2.11. The largest absolute Gasteiger partial charge is 0.373 e. The maximum atomic E-state index is 6.04. The van der Waals surface area contributed by atoms with Crippen LogP contribution in [0, 0.1) is 6.92 Å². The van der Waals surface area contributed by atoms with Crippen LogP contribution in [0.4, 0.5) is 5.69 Å². The minimum atomic E-state index is 0.167. The molecule has 1 atom stereocenters. The van der Waals surface area contributed by atoms with Gasteiger partial charge in [0.15, 0.2) is 0 Å². The molecule has 0 aromatic heterocycles. The van der Waals surface area contributed by atoms with Crippen LogP contribution in [0.1, 0.15) is 12.5 Å². The van der Waals surface area contributed by atoms with Gasteiger partial charge in [0.1, 0.15) is 0 Å². The third-order valence-corrected chi connectivity index (χ3v) is 2.57. The van der Waals surface area contributed by atoms with Crippen molar-refractivity contribution in [1.29, 1.82) is 0 Å². The van der Waals surface area contributed by atoms with Crippen LogP contribution in [-0.4, -0.2) is 19.6 Å². The van der Waals surface area contributed by atoms with Gasteiger partial charge in [-0.1, -0.05) is 17.7 Å². The van der Waals surface area contributed by atoms with E-state index in [0.29, 0.717) is 0 Å². The molecule has 0 fully saturated rings. The van der Waals surface area contributed by atoms with Crippen LogP contribution in [0.5, 0.6) is 0 Å². The Morgan fingerprint density at radius 1 is 1.50 bits per heavy atom. The summed E-state index contributed by atoms with van der Waals surface area (Å²) < 4.78 is 0. The number of hydrogen-bond acceptors (Lipinski definition) is 2. The van der Waals surface area contributed by atoms with Gasteiger partial charge in [0.2, 0.25) is 0 Å². The lowest BCUT2D eigenvalue weighted by Gasteiger charge is -2.21. The summed E-state index contributed by atoms with van der Waals surface area (Å²) in [6, 6.07) is 6.22. The Labute approximate surface area is 90.7 Å². The number of halogens is 1. The molecule has 1 aromatic carbocycles. The summed E-state index contributed by atoms with van der Waals surface area (Å²) in [5, 5.41) is 0.805. The summed E-state index contributed by atoms with van der Waals surface area (Å²) >= 11 is 6.04. The average molecular weight is 213 g/mol. The molecule has 1 unspecified atom stereocenters. The Kier molecular flexibility index (Phi) is 3.78. The Morgan fingerprint density at radius 3 is 2.64 bits per heavy atom. The number of nitrogens with zero attached hydrogens (tertiary/aromatic N) is 1. The molecule has 1 aromatic rings. The third-order valence-electron chi connectivity index (χ3n) is 2.16. The molecule has 0 saturated carbocycles. The number of nitrogens with two attached hydrogens (primary N) is 1. The first-order chi connectivity index (χ1) is 6.50. The van der Waals surface area contributed by atoms with Crippen molar-refractivity contribution in [3.05, 3.63) is 28.8 Å². The van der Waals surface area contributed by atoms with E-state index >= 15 is 0 Å². The SMILES string of the molecule is Cc1ccc(N(C)CC(C)N)cc1Cl. The molecular formula is C11H17ClN2. The van der Waals surface area contributed by atoms with Crippen LogP contribution < -0.4 is 10.6 Å². The molecule has 0 radical (unpaired) electrons. The van der Waals surface area contributed by atoms with E-state index in [-0.39, 0.29) is 6.04 Å². The summed E-state index contributed by atoms with van der Waals surface area (Å²) in [6.07, 6.45) is 0. The van der Waals surface area contributed by atoms with E-state index in [0.717, 1.165) is 22.8 Å². The number of benzene rings is 1. The minimum absolute atomic E-state index is 0.167. The molecule has 0 aliphatic heterocycles. The second kappa shape index (κ2) is 4.67. The molecule has 1 rings (SSSR count). The monoisotopic (exact) mass is 212 g/mol. The van der Waals surface area contributed by atoms with E-state index in [1.165, 1.54) is 0 Å². The van der Waals surface area contributed by atoms with Crippen LogP contribution in [0.25, 0.3) is 0 Å². The van der Waals surface area contributed by atoms with Crippen molar-refractivity contribution in [2.45, 2.75) is 19.9 Å². The molecule has 0 saturated heterocycles. The molecule has 14 heavy (non-hydrogen) atoms. The van der Waals surface area contributed by atoms with Gasteiger partial charge in [-0.05, 0) is 31.5 Å². The normalized spacial score (nSPS) is 12.6. The fourth-order valence-electron chi connectivity index (χ4n) is 1.36. The lowest BCUT2D eigenvalue weighted by atomic mass is 10.2. The predicted octanol–water partition coefficient (Wildman–Crippen LogP) is 2.43. The Morgan fingerprint density at radius 2 is 2.14 bits per heavy atom. The fourth-order valence-corrected chi connectivity index (χ4v) is 1.53. The van der Waals surface area contributed by atoms with E-state index < -0.39 is 0 Å². The number of likely N-dealkylation sites (N-methyl/N-ethyl adjacent to an activating group) is 1. The second-order valence-electron chi connectivity index (χ2n) is 3.79. The van der Waals surface area contributed by atoms with Crippen LogP contribution in [-0.2, 0) is 0 Å². The van der Waals surface area contributed by atoms with Gasteiger partial charge in [-0.15, -0.1) is 0 Å². The van der Waals surface area contributed by atoms with Crippen molar-refractivity contribution in [3.8, 4) is 0 Å². The first-order valence-electron chi connectivity index (χ1n) is 4.73. The van der Waals surface area contributed by atoms with Crippen LogP contribution in [0.3, 0.4) is 0 Å². The fraction of sp³-hybridized carbons (Fsp3) is 0.455. The van der Waals surface area contributed by atoms with E-state index in [9.17, 15) is 0 Å². The van der Waals surface area contributed by atoms with Gasteiger partial charge in [0.05, 0.1) is 0 Å². The van der Waals surface area contributed by atoms with Crippen molar-refractivity contribution >= 4 is 17.3 Å². The molecule has 3 heteroatoms. The molecule has 0 aliphatic carbocycles. The van der Waals surface area contributed by atoms with Crippen molar-refractivity contribution in [3.63, 3.8) is 0 Å². The summed E-state index contributed by atoms with van der Waals surface area (Å²) in [6.45, 7) is 4.82. The van der Waals surface area contributed by atoms with Crippen LogP contribution in [0.2, 0.25) is 5.02 Å². The molecule has 0 heterocycles. The van der Waals surface area contributed by atoms with Crippen molar-refractivity contribution in [1.82, 2.24) is 0 Å². The van der Waals surface area contributed by atoms with E-state index in [2.05, 4.69) is 11.0 Å². The summed E-state index contributed by atoms with van der Waals surface area (Å²) in [5.74, 6) is 0. The topological polar surface area (TPSA) is 29.3 Å². The van der Waals surface area contributed by atoms with E-state index in [1.807, 2.05) is 33.0 Å². The highest BCUT2D eigenvalue weighted by molar-refractivity contribution is 6.31. The quantitative estimate of drug-likeness (QED) is 0.834. The van der Waals surface area contributed by atoms with Gasteiger partial charge in [0, 0.05) is 30.3 Å². The lowest BCUT2D eigenvalue weighted by molar-refractivity contribution is 0.717. The van der Waals surface area contributed by atoms with Crippen molar-refractivity contribution in [2.75, 3.05) is 18.5 Å². The summed E-state index contributed by atoms with van der Waals surface area (Å²) in [7, 11) is 2.02.